The molecule has 0 saturated heterocycles. The second-order valence-electron chi connectivity index (χ2n) is 5.79. The van der Waals surface area contributed by atoms with Gasteiger partial charge in [-0.05, 0) is 36.5 Å². The van der Waals surface area contributed by atoms with Gasteiger partial charge in [-0.2, -0.15) is 0 Å². The molecule has 0 bridgehead atoms. The molecule has 1 aromatic carbocycles. The van der Waals surface area contributed by atoms with Crippen molar-refractivity contribution in [1.29, 1.82) is 0 Å². The molecule has 4 nitrogen and oxygen atoms in total. The molecule has 3 N–H and O–H groups in total. The highest BCUT2D eigenvalue weighted by Crippen LogP contribution is 2.42. The predicted molar refractivity (Wildman–Crippen MR) is 72.2 cm³/mol. The van der Waals surface area contributed by atoms with E-state index in [-0.39, 0.29) is 17.4 Å². The summed E-state index contributed by atoms with van der Waals surface area (Å²) in [5.74, 6) is 0.118. The third-order valence-electron chi connectivity index (χ3n) is 4.31. The van der Waals surface area contributed by atoms with Crippen LogP contribution >= 0.6 is 0 Å². The minimum absolute atomic E-state index is 0.0110. The number of aliphatic hydroxyl groups is 1. The minimum Gasteiger partial charge on any atom is -0.395 e. The van der Waals surface area contributed by atoms with Crippen LogP contribution in [-0.2, 0) is 0 Å². The number of aliphatic hydroxyl groups excluding tert-OH is 1. The normalized spacial score (nSPS) is 23.8. The molecule has 0 amide bonds. The van der Waals surface area contributed by atoms with Crippen LogP contribution in [0.25, 0.3) is 0 Å². The number of hydrogen-bond donors (Lipinski definition) is 2. The van der Waals surface area contributed by atoms with Gasteiger partial charge in [0, 0.05) is 0 Å². The maximum Gasteiger partial charge on any atom is 0.586 e. The van der Waals surface area contributed by atoms with Gasteiger partial charge in [0.25, 0.3) is 0 Å². The van der Waals surface area contributed by atoms with Gasteiger partial charge in [0.15, 0.2) is 11.5 Å². The maximum atomic E-state index is 13.0. The average Bonchev–Trinajstić information content (AvgIpc) is 2.79. The molecule has 0 radical (unpaired) electrons. The molecule has 3 rings (SSSR count). The van der Waals surface area contributed by atoms with Crippen molar-refractivity contribution < 1.29 is 23.4 Å². The number of nitrogens with two attached hydrogens (primary N) is 1. The van der Waals surface area contributed by atoms with E-state index in [4.69, 9.17) is 5.73 Å². The zero-order chi connectivity index (χ0) is 15.0. The van der Waals surface area contributed by atoms with Crippen LogP contribution in [0.5, 0.6) is 11.5 Å². The quantitative estimate of drug-likeness (QED) is 0.900. The average molecular weight is 299 g/mol. The zero-order valence-corrected chi connectivity index (χ0v) is 11.6. The predicted octanol–water partition coefficient (Wildman–Crippen LogP) is 2.95. The number of rotatable bonds is 3. The van der Waals surface area contributed by atoms with Crippen molar-refractivity contribution in [1.82, 2.24) is 0 Å². The molecule has 116 valence electrons. The Balaban J connectivity index is 1.75. The van der Waals surface area contributed by atoms with Crippen LogP contribution in [0.15, 0.2) is 18.2 Å². The minimum atomic E-state index is -3.63. The van der Waals surface area contributed by atoms with Crippen LogP contribution in [-0.4, -0.2) is 17.5 Å². The van der Waals surface area contributed by atoms with Crippen molar-refractivity contribution in [2.24, 2.45) is 11.7 Å². The molecule has 1 heterocycles. The van der Waals surface area contributed by atoms with Crippen molar-refractivity contribution in [2.45, 2.75) is 50.5 Å². The largest absolute Gasteiger partial charge is 0.586 e. The first-order valence-electron chi connectivity index (χ1n) is 7.30. The standard InChI is InChI=1S/C15H19F2NO3/c16-15(17)20-11-7-6-10(8-12(11)21-15)13(18)14(19)9-4-2-1-3-5-9/h6-9,13-14,19H,1-5,18H2/t13-,14+/m1/s1. The van der Waals surface area contributed by atoms with E-state index in [9.17, 15) is 13.9 Å². The third-order valence-corrected chi connectivity index (χ3v) is 4.31. The molecule has 2 atom stereocenters. The SMILES string of the molecule is N[C@H](c1ccc2c(c1)OC(F)(F)O2)[C@@H](O)C1CCCCC1. The van der Waals surface area contributed by atoms with Crippen molar-refractivity contribution in [3.63, 3.8) is 0 Å². The van der Waals surface area contributed by atoms with Crippen molar-refractivity contribution in [3.05, 3.63) is 23.8 Å². The summed E-state index contributed by atoms with van der Waals surface area (Å²) in [5, 5.41) is 10.4. The molecule has 0 aromatic heterocycles. The number of benzene rings is 1. The summed E-state index contributed by atoms with van der Waals surface area (Å²) < 4.78 is 34.8. The Morgan fingerprint density at radius 1 is 1.14 bits per heavy atom. The van der Waals surface area contributed by atoms with Crippen molar-refractivity contribution in [2.75, 3.05) is 0 Å². The van der Waals surface area contributed by atoms with Crippen LogP contribution in [0.1, 0.15) is 43.7 Å². The van der Waals surface area contributed by atoms with E-state index in [0.717, 1.165) is 25.7 Å². The molecule has 0 unspecified atom stereocenters. The Morgan fingerprint density at radius 2 is 1.81 bits per heavy atom. The number of fused-ring (bicyclic) bond motifs is 1. The van der Waals surface area contributed by atoms with Gasteiger partial charge >= 0.3 is 6.29 Å². The van der Waals surface area contributed by atoms with E-state index in [1.807, 2.05) is 0 Å². The van der Waals surface area contributed by atoms with Gasteiger partial charge < -0.3 is 20.3 Å². The van der Waals surface area contributed by atoms with Gasteiger partial charge in [0.2, 0.25) is 0 Å². The Morgan fingerprint density at radius 3 is 2.52 bits per heavy atom. The van der Waals surface area contributed by atoms with Crippen LogP contribution in [0, 0.1) is 5.92 Å². The van der Waals surface area contributed by atoms with Gasteiger partial charge in [-0.15, -0.1) is 8.78 Å². The lowest BCUT2D eigenvalue weighted by molar-refractivity contribution is -0.286. The Hall–Kier alpha value is -1.40. The second kappa shape index (κ2) is 5.42. The number of halogens is 2. The molecule has 1 aliphatic heterocycles. The van der Waals surface area contributed by atoms with E-state index < -0.39 is 18.4 Å². The summed E-state index contributed by atoms with van der Waals surface area (Å²) in [4.78, 5) is 0. The summed E-state index contributed by atoms with van der Waals surface area (Å²) in [6.45, 7) is 0. The van der Waals surface area contributed by atoms with E-state index in [2.05, 4.69) is 9.47 Å². The Kier molecular flexibility index (Phi) is 3.75. The Bertz CT molecular complexity index is 518. The highest BCUT2D eigenvalue weighted by molar-refractivity contribution is 5.46. The molecule has 1 saturated carbocycles. The fraction of sp³-hybridized carbons (Fsp3) is 0.600. The summed E-state index contributed by atoms with van der Waals surface area (Å²) in [7, 11) is 0. The fourth-order valence-corrected chi connectivity index (χ4v) is 3.14. The Labute approximate surface area is 121 Å². The van der Waals surface area contributed by atoms with E-state index >= 15 is 0 Å². The van der Waals surface area contributed by atoms with Gasteiger partial charge in [-0.25, -0.2) is 0 Å². The lowest BCUT2D eigenvalue weighted by Crippen LogP contribution is -2.34. The van der Waals surface area contributed by atoms with E-state index in [1.54, 1.807) is 6.07 Å². The van der Waals surface area contributed by atoms with Gasteiger partial charge in [0.1, 0.15) is 0 Å². The highest BCUT2D eigenvalue weighted by atomic mass is 19.3. The monoisotopic (exact) mass is 299 g/mol. The van der Waals surface area contributed by atoms with Crippen LogP contribution < -0.4 is 15.2 Å². The summed E-state index contributed by atoms with van der Waals surface area (Å²) in [6.07, 6.45) is 0.995. The molecule has 0 spiro atoms. The van der Waals surface area contributed by atoms with E-state index in [1.165, 1.54) is 18.6 Å². The molecule has 1 aliphatic carbocycles. The first kappa shape index (κ1) is 14.5. The topological polar surface area (TPSA) is 64.7 Å². The van der Waals surface area contributed by atoms with Crippen molar-refractivity contribution in [3.8, 4) is 11.5 Å². The van der Waals surface area contributed by atoms with Crippen LogP contribution in [0.2, 0.25) is 0 Å². The number of hydrogen-bond acceptors (Lipinski definition) is 4. The second-order valence-corrected chi connectivity index (χ2v) is 5.79. The zero-order valence-electron chi connectivity index (χ0n) is 11.6. The molecule has 6 heteroatoms. The summed E-state index contributed by atoms with van der Waals surface area (Å²) >= 11 is 0. The molecule has 2 aliphatic rings. The molecule has 1 aromatic rings. The van der Waals surface area contributed by atoms with Crippen LogP contribution in [0.4, 0.5) is 8.78 Å². The van der Waals surface area contributed by atoms with Crippen molar-refractivity contribution >= 4 is 0 Å². The molecule has 1 fully saturated rings. The first-order chi connectivity index (χ1) is 9.96. The lowest BCUT2D eigenvalue weighted by Gasteiger charge is -2.30. The molecular weight excluding hydrogens is 280 g/mol. The molecule has 21 heavy (non-hydrogen) atoms. The lowest BCUT2D eigenvalue weighted by atomic mass is 9.81. The smallest absolute Gasteiger partial charge is 0.395 e. The summed E-state index contributed by atoms with van der Waals surface area (Å²) in [5.41, 5.74) is 6.67. The fourth-order valence-electron chi connectivity index (χ4n) is 3.14. The van der Waals surface area contributed by atoms with Gasteiger partial charge in [-0.3, -0.25) is 0 Å². The highest BCUT2D eigenvalue weighted by Gasteiger charge is 2.43. The first-order valence-corrected chi connectivity index (χ1v) is 7.30. The van der Waals surface area contributed by atoms with Gasteiger partial charge in [0.05, 0.1) is 12.1 Å². The van der Waals surface area contributed by atoms with Crippen LogP contribution in [0.3, 0.4) is 0 Å². The maximum absolute atomic E-state index is 13.0. The molecular formula is C15H19F2NO3. The van der Waals surface area contributed by atoms with Gasteiger partial charge in [-0.1, -0.05) is 25.3 Å². The third kappa shape index (κ3) is 2.96. The van der Waals surface area contributed by atoms with E-state index in [0.29, 0.717) is 5.56 Å². The number of alkyl halides is 2. The number of ether oxygens (including phenoxy) is 2. The summed E-state index contributed by atoms with van der Waals surface area (Å²) in [6, 6.07) is 3.81.